The molecule has 0 spiro atoms. The minimum atomic E-state index is -0.467. The average molecular weight is 471 g/mol. The van der Waals surface area contributed by atoms with Gasteiger partial charge in [0, 0.05) is 46.7 Å². The van der Waals surface area contributed by atoms with Crippen LogP contribution >= 0.6 is 11.6 Å². The molecule has 1 atom stereocenters. The maximum absolute atomic E-state index is 13.7. The van der Waals surface area contributed by atoms with Crippen LogP contribution in [0.2, 0.25) is 5.02 Å². The van der Waals surface area contributed by atoms with Gasteiger partial charge >= 0.3 is 0 Å². The number of carbonyl (C=O) groups is 1. The van der Waals surface area contributed by atoms with Crippen LogP contribution in [0, 0.1) is 6.92 Å². The Kier molecular flexibility index (Phi) is 6.25. The molecule has 0 aliphatic carbocycles. The van der Waals surface area contributed by atoms with Crippen LogP contribution < -0.4 is 5.32 Å². The predicted molar refractivity (Wildman–Crippen MR) is 133 cm³/mol. The summed E-state index contributed by atoms with van der Waals surface area (Å²) in [7, 11) is 0. The molecule has 2 heterocycles. The summed E-state index contributed by atoms with van der Waals surface area (Å²) in [5.41, 5.74) is 4.36. The average Bonchev–Trinajstić information content (AvgIpc) is 3.49. The van der Waals surface area contributed by atoms with Crippen molar-refractivity contribution in [3.05, 3.63) is 107 Å². The van der Waals surface area contributed by atoms with E-state index < -0.39 is 6.04 Å². The molecule has 0 fully saturated rings. The highest BCUT2D eigenvalue weighted by molar-refractivity contribution is 6.30. The van der Waals surface area contributed by atoms with Crippen LogP contribution in [0.15, 0.2) is 83.4 Å². The Labute approximate surface area is 202 Å². The zero-order valence-corrected chi connectivity index (χ0v) is 19.3. The van der Waals surface area contributed by atoms with E-state index in [1.165, 1.54) is 0 Å². The number of ketones is 1. The number of fused-ring (bicyclic) bond motifs is 1. The van der Waals surface area contributed by atoms with E-state index in [1.807, 2.05) is 72.8 Å². The van der Waals surface area contributed by atoms with Gasteiger partial charge in [0.25, 0.3) is 0 Å². The maximum Gasteiger partial charge on any atom is 0.247 e. The molecule has 3 aromatic carbocycles. The highest BCUT2D eigenvalue weighted by Gasteiger charge is 2.24. The van der Waals surface area contributed by atoms with E-state index in [0.717, 1.165) is 34.0 Å². The van der Waals surface area contributed by atoms with Gasteiger partial charge in [0.05, 0.1) is 6.04 Å². The summed E-state index contributed by atoms with van der Waals surface area (Å²) in [4.78, 5) is 17.0. The van der Waals surface area contributed by atoms with Crippen molar-refractivity contribution in [2.75, 3.05) is 6.54 Å². The van der Waals surface area contributed by atoms with Gasteiger partial charge in [-0.1, -0.05) is 60.1 Å². The van der Waals surface area contributed by atoms with Crippen LogP contribution in [0.3, 0.4) is 0 Å². The van der Waals surface area contributed by atoms with Crippen molar-refractivity contribution < 1.29 is 9.21 Å². The second-order valence-electron chi connectivity index (χ2n) is 8.13. The third kappa shape index (κ3) is 4.64. The van der Waals surface area contributed by atoms with Crippen molar-refractivity contribution in [2.45, 2.75) is 19.4 Å². The molecule has 0 bridgehead atoms. The number of nitrogens with one attached hydrogen (secondary N) is 2. The Balaban J connectivity index is 1.40. The van der Waals surface area contributed by atoms with Crippen molar-refractivity contribution in [3.63, 3.8) is 0 Å². The number of benzene rings is 3. The lowest BCUT2D eigenvalue weighted by Crippen LogP contribution is -2.30. The zero-order valence-electron chi connectivity index (χ0n) is 18.6. The van der Waals surface area contributed by atoms with Gasteiger partial charge in [-0.25, -0.2) is 0 Å². The van der Waals surface area contributed by atoms with E-state index in [1.54, 1.807) is 13.1 Å². The van der Waals surface area contributed by atoms with Crippen molar-refractivity contribution in [1.82, 2.24) is 20.5 Å². The van der Waals surface area contributed by atoms with Crippen molar-refractivity contribution in [1.29, 1.82) is 0 Å². The number of halogens is 1. The quantitative estimate of drug-likeness (QED) is 0.274. The number of H-pyrrole nitrogens is 1. The van der Waals surface area contributed by atoms with E-state index >= 15 is 0 Å². The fourth-order valence-electron chi connectivity index (χ4n) is 4.05. The summed E-state index contributed by atoms with van der Waals surface area (Å²) in [6.07, 6.45) is 2.56. The monoisotopic (exact) mass is 470 g/mol. The molecule has 2 aromatic heterocycles. The second kappa shape index (κ2) is 9.63. The molecule has 0 aliphatic heterocycles. The van der Waals surface area contributed by atoms with Gasteiger partial charge in [0.1, 0.15) is 0 Å². The lowest BCUT2D eigenvalue weighted by molar-refractivity contribution is 0.0945. The number of aromatic amines is 1. The summed E-state index contributed by atoms with van der Waals surface area (Å²) in [5.74, 6) is 0.968. The van der Waals surface area contributed by atoms with Crippen LogP contribution in [0.1, 0.15) is 33.4 Å². The number of rotatable bonds is 8. The summed E-state index contributed by atoms with van der Waals surface area (Å²) < 4.78 is 5.54. The smallest absolute Gasteiger partial charge is 0.247 e. The maximum atomic E-state index is 13.7. The molecule has 0 saturated carbocycles. The normalized spacial score (nSPS) is 12.2. The molecule has 7 heteroatoms. The highest BCUT2D eigenvalue weighted by Crippen LogP contribution is 2.28. The molecule has 34 heavy (non-hydrogen) atoms. The van der Waals surface area contributed by atoms with Gasteiger partial charge in [0.15, 0.2) is 5.78 Å². The highest BCUT2D eigenvalue weighted by atomic mass is 35.5. The SMILES string of the molecule is Cc1nnc(-c2ccc3c(C(=O)C(NCCc4ccc(Cl)cc4)c4ccccc4)c[nH]c3c2)o1. The predicted octanol–water partition coefficient (Wildman–Crippen LogP) is 5.94. The van der Waals surface area contributed by atoms with E-state index in [0.29, 0.717) is 28.9 Å². The van der Waals surface area contributed by atoms with Crippen molar-refractivity contribution in [2.24, 2.45) is 0 Å². The second-order valence-corrected chi connectivity index (χ2v) is 8.56. The van der Waals surface area contributed by atoms with Gasteiger partial charge in [-0.2, -0.15) is 0 Å². The summed E-state index contributed by atoms with van der Waals surface area (Å²) in [5, 5.41) is 13.0. The fraction of sp³-hybridized carbons (Fsp3) is 0.148. The Bertz CT molecular complexity index is 1420. The minimum absolute atomic E-state index is 0.00920. The molecule has 5 rings (SSSR count). The molecule has 0 saturated heterocycles. The first kappa shape index (κ1) is 22.1. The zero-order chi connectivity index (χ0) is 23.5. The van der Waals surface area contributed by atoms with Crippen LogP contribution in [0.5, 0.6) is 0 Å². The lowest BCUT2D eigenvalue weighted by atomic mass is 9.96. The van der Waals surface area contributed by atoms with Crippen molar-refractivity contribution in [3.8, 4) is 11.5 Å². The number of hydrogen-bond acceptors (Lipinski definition) is 5. The Morgan fingerprint density at radius 2 is 1.85 bits per heavy atom. The molecule has 0 amide bonds. The largest absolute Gasteiger partial charge is 0.421 e. The summed E-state index contributed by atoms with van der Waals surface area (Å²) in [6.45, 7) is 2.40. The molecule has 0 aliphatic rings. The van der Waals surface area contributed by atoms with Gasteiger partial charge in [0.2, 0.25) is 11.8 Å². The Morgan fingerprint density at radius 3 is 2.59 bits per heavy atom. The van der Waals surface area contributed by atoms with Crippen LogP contribution in [-0.2, 0) is 6.42 Å². The summed E-state index contributed by atoms with van der Waals surface area (Å²) >= 11 is 5.99. The number of aryl methyl sites for hydroxylation is 1. The van der Waals surface area contributed by atoms with E-state index in [2.05, 4.69) is 20.5 Å². The van der Waals surface area contributed by atoms with E-state index in [4.69, 9.17) is 16.0 Å². The van der Waals surface area contributed by atoms with Gasteiger partial charge in [-0.05, 0) is 41.8 Å². The topological polar surface area (TPSA) is 83.8 Å². The Morgan fingerprint density at radius 1 is 1.06 bits per heavy atom. The molecule has 2 N–H and O–H groups in total. The molecule has 6 nitrogen and oxygen atoms in total. The van der Waals surface area contributed by atoms with Crippen molar-refractivity contribution >= 4 is 28.3 Å². The first-order chi connectivity index (χ1) is 16.6. The number of carbonyl (C=O) groups excluding carboxylic acids is 1. The van der Waals surface area contributed by atoms with E-state index in [-0.39, 0.29) is 5.78 Å². The number of aromatic nitrogens is 3. The first-order valence-electron chi connectivity index (χ1n) is 11.1. The molecule has 170 valence electrons. The number of hydrogen-bond donors (Lipinski definition) is 2. The van der Waals surface area contributed by atoms with Gasteiger partial charge < -0.3 is 14.7 Å². The summed E-state index contributed by atoms with van der Waals surface area (Å²) in [6, 6.07) is 22.8. The van der Waals surface area contributed by atoms with Crippen LogP contribution in [0.25, 0.3) is 22.4 Å². The molecule has 0 radical (unpaired) electrons. The standard InChI is InChI=1S/C27H23ClN4O2/c1-17-31-32-27(34-17)20-9-12-22-23(16-30-24(22)15-20)26(33)25(19-5-3-2-4-6-19)29-14-13-18-7-10-21(28)11-8-18/h2-12,15-16,25,29-30H,13-14H2,1H3. The number of nitrogens with zero attached hydrogens (tertiary/aromatic N) is 2. The Hall–Kier alpha value is -3.74. The van der Waals surface area contributed by atoms with E-state index in [9.17, 15) is 4.79 Å². The third-order valence-corrected chi connectivity index (χ3v) is 6.04. The molecular weight excluding hydrogens is 448 g/mol. The van der Waals surface area contributed by atoms with Gasteiger partial charge in [-0.15, -0.1) is 10.2 Å². The first-order valence-corrected chi connectivity index (χ1v) is 11.4. The fourth-order valence-corrected chi connectivity index (χ4v) is 4.18. The van der Waals surface area contributed by atoms with Crippen LogP contribution in [-0.4, -0.2) is 27.5 Å². The number of Topliss-reactive ketones (excluding diaryl/α,β-unsaturated/α-hetero) is 1. The lowest BCUT2D eigenvalue weighted by Gasteiger charge is -2.18. The van der Waals surface area contributed by atoms with Crippen LogP contribution in [0.4, 0.5) is 0 Å². The molecule has 5 aromatic rings. The third-order valence-electron chi connectivity index (χ3n) is 5.79. The van der Waals surface area contributed by atoms with Gasteiger partial charge in [-0.3, -0.25) is 4.79 Å². The minimum Gasteiger partial charge on any atom is -0.421 e. The molecule has 1 unspecified atom stereocenters. The molecular formula is C27H23ClN4O2.